The minimum absolute atomic E-state index is 0.656. The molecule has 1 aromatic rings. The van der Waals surface area contributed by atoms with Crippen molar-refractivity contribution in [2.75, 3.05) is 24.5 Å². The van der Waals surface area contributed by atoms with Crippen LogP contribution in [0, 0.1) is 5.92 Å². The van der Waals surface area contributed by atoms with Crippen LogP contribution in [0.1, 0.15) is 18.9 Å². The summed E-state index contributed by atoms with van der Waals surface area (Å²) in [7, 11) is 0. The smallest absolute Gasteiger partial charge is 0.225 e. The van der Waals surface area contributed by atoms with Crippen molar-refractivity contribution in [3.63, 3.8) is 0 Å². The first-order valence-corrected chi connectivity index (χ1v) is 5.55. The maximum atomic E-state index is 5.47. The maximum absolute atomic E-state index is 5.47. The summed E-state index contributed by atoms with van der Waals surface area (Å²) in [4.78, 5) is 11.0. The molecular weight excluding hydrogens is 188 g/mol. The highest BCUT2D eigenvalue weighted by molar-refractivity contribution is 5.31. The average molecular weight is 206 g/mol. The van der Waals surface area contributed by atoms with Gasteiger partial charge in [0.1, 0.15) is 0 Å². The van der Waals surface area contributed by atoms with E-state index in [1.54, 1.807) is 0 Å². The van der Waals surface area contributed by atoms with Crippen LogP contribution in [0.25, 0.3) is 0 Å². The van der Waals surface area contributed by atoms with Crippen LogP contribution in [0.3, 0.4) is 0 Å². The molecule has 1 saturated heterocycles. The SMILES string of the molecule is CC1CCN(c2ncc(CCN)cn2)C1. The van der Waals surface area contributed by atoms with Gasteiger partial charge in [0.05, 0.1) is 0 Å². The molecule has 0 amide bonds. The summed E-state index contributed by atoms with van der Waals surface area (Å²) in [5.74, 6) is 1.62. The lowest BCUT2D eigenvalue weighted by molar-refractivity contribution is 0.658. The van der Waals surface area contributed by atoms with E-state index in [2.05, 4.69) is 21.8 Å². The molecule has 0 spiro atoms. The third-order valence-electron chi connectivity index (χ3n) is 2.83. The van der Waals surface area contributed by atoms with Crippen molar-refractivity contribution < 1.29 is 0 Å². The van der Waals surface area contributed by atoms with Crippen molar-refractivity contribution in [3.8, 4) is 0 Å². The van der Waals surface area contributed by atoms with Crippen molar-refractivity contribution in [2.24, 2.45) is 11.7 Å². The van der Waals surface area contributed by atoms with Crippen LogP contribution in [0.5, 0.6) is 0 Å². The summed E-state index contributed by atoms with van der Waals surface area (Å²) in [6, 6.07) is 0. The number of nitrogens with two attached hydrogens (primary N) is 1. The van der Waals surface area contributed by atoms with E-state index < -0.39 is 0 Å². The highest BCUT2D eigenvalue weighted by atomic mass is 15.3. The Balaban J connectivity index is 2.03. The molecule has 1 atom stereocenters. The van der Waals surface area contributed by atoms with Gasteiger partial charge < -0.3 is 10.6 Å². The lowest BCUT2D eigenvalue weighted by Gasteiger charge is -2.15. The van der Waals surface area contributed by atoms with E-state index in [1.165, 1.54) is 6.42 Å². The number of nitrogens with zero attached hydrogens (tertiary/aromatic N) is 3. The lowest BCUT2D eigenvalue weighted by Crippen LogP contribution is -2.21. The first kappa shape index (κ1) is 10.4. The van der Waals surface area contributed by atoms with Crippen LogP contribution in [0.2, 0.25) is 0 Å². The second-order valence-corrected chi connectivity index (χ2v) is 4.27. The Morgan fingerprint density at radius 3 is 2.73 bits per heavy atom. The van der Waals surface area contributed by atoms with Gasteiger partial charge in [-0.1, -0.05) is 6.92 Å². The zero-order chi connectivity index (χ0) is 10.7. The molecule has 0 bridgehead atoms. The fraction of sp³-hybridized carbons (Fsp3) is 0.636. The largest absolute Gasteiger partial charge is 0.341 e. The first-order chi connectivity index (χ1) is 7.29. The number of hydrogen-bond donors (Lipinski definition) is 1. The fourth-order valence-electron chi connectivity index (χ4n) is 1.92. The van der Waals surface area contributed by atoms with Gasteiger partial charge in [0, 0.05) is 25.5 Å². The summed E-state index contributed by atoms with van der Waals surface area (Å²) in [6.45, 7) is 5.08. The minimum Gasteiger partial charge on any atom is -0.341 e. The van der Waals surface area contributed by atoms with Crippen molar-refractivity contribution in [1.29, 1.82) is 0 Å². The van der Waals surface area contributed by atoms with Gasteiger partial charge in [-0.15, -0.1) is 0 Å². The third kappa shape index (κ3) is 2.45. The van der Waals surface area contributed by atoms with Gasteiger partial charge in [0.2, 0.25) is 5.95 Å². The monoisotopic (exact) mass is 206 g/mol. The number of anilines is 1. The van der Waals surface area contributed by atoms with Crippen molar-refractivity contribution in [2.45, 2.75) is 19.8 Å². The molecule has 1 fully saturated rings. The van der Waals surface area contributed by atoms with Crippen LogP contribution < -0.4 is 10.6 Å². The van der Waals surface area contributed by atoms with E-state index in [-0.39, 0.29) is 0 Å². The molecule has 1 aromatic heterocycles. The lowest BCUT2D eigenvalue weighted by atomic mass is 10.2. The summed E-state index contributed by atoms with van der Waals surface area (Å²) in [6.07, 6.45) is 5.88. The molecule has 1 aliphatic heterocycles. The summed E-state index contributed by atoms with van der Waals surface area (Å²) < 4.78 is 0. The quantitative estimate of drug-likeness (QED) is 0.795. The molecule has 2 heterocycles. The second-order valence-electron chi connectivity index (χ2n) is 4.27. The molecule has 82 valence electrons. The molecule has 0 saturated carbocycles. The summed E-state index contributed by atoms with van der Waals surface area (Å²) in [5, 5.41) is 0. The Hall–Kier alpha value is -1.16. The fourth-order valence-corrected chi connectivity index (χ4v) is 1.92. The Morgan fingerprint density at radius 1 is 1.47 bits per heavy atom. The van der Waals surface area contributed by atoms with Gasteiger partial charge in [-0.05, 0) is 30.9 Å². The zero-order valence-corrected chi connectivity index (χ0v) is 9.19. The van der Waals surface area contributed by atoms with Gasteiger partial charge in [-0.25, -0.2) is 9.97 Å². The van der Waals surface area contributed by atoms with Gasteiger partial charge in [-0.2, -0.15) is 0 Å². The molecule has 1 unspecified atom stereocenters. The van der Waals surface area contributed by atoms with Gasteiger partial charge >= 0.3 is 0 Å². The van der Waals surface area contributed by atoms with E-state index in [9.17, 15) is 0 Å². The predicted octanol–water partition coefficient (Wildman–Crippen LogP) is 0.824. The van der Waals surface area contributed by atoms with Crippen LogP contribution in [0.15, 0.2) is 12.4 Å². The standard InChI is InChI=1S/C11H18N4/c1-9-3-5-15(8-9)11-13-6-10(2-4-12)7-14-11/h6-7,9H,2-5,8,12H2,1H3. The molecule has 4 nitrogen and oxygen atoms in total. The predicted molar refractivity (Wildman–Crippen MR) is 60.8 cm³/mol. The third-order valence-corrected chi connectivity index (χ3v) is 2.83. The van der Waals surface area contributed by atoms with Crippen LogP contribution >= 0.6 is 0 Å². The van der Waals surface area contributed by atoms with Gasteiger partial charge in [-0.3, -0.25) is 0 Å². The van der Waals surface area contributed by atoms with Crippen molar-refractivity contribution in [3.05, 3.63) is 18.0 Å². The van der Waals surface area contributed by atoms with E-state index >= 15 is 0 Å². The van der Waals surface area contributed by atoms with E-state index in [1.807, 2.05) is 12.4 Å². The van der Waals surface area contributed by atoms with Crippen LogP contribution in [-0.4, -0.2) is 29.6 Å². The maximum Gasteiger partial charge on any atom is 0.225 e. The molecule has 0 aliphatic carbocycles. The zero-order valence-electron chi connectivity index (χ0n) is 9.19. The molecule has 15 heavy (non-hydrogen) atoms. The second kappa shape index (κ2) is 4.57. The number of rotatable bonds is 3. The Labute approximate surface area is 90.5 Å². The summed E-state index contributed by atoms with van der Waals surface area (Å²) >= 11 is 0. The number of aromatic nitrogens is 2. The Morgan fingerprint density at radius 2 is 2.20 bits per heavy atom. The Kier molecular flexibility index (Phi) is 3.16. The highest BCUT2D eigenvalue weighted by Gasteiger charge is 2.20. The minimum atomic E-state index is 0.656. The van der Waals surface area contributed by atoms with Crippen molar-refractivity contribution in [1.82, 2.24) is 9.97 Å². The average Bonchev–Trinajstić information content (AvgIpc) is 2.67. The molecule has 2 N–H and O–H groups in total. The van der Waals surface area contributed by atoms with E-state index in [0.717, 1.165) is 36.9 Å². The molecular formula is C11H18N4. The normalized spacial score (nSPS) is 20.9. The van der Waals surface area contributed by atoms with E-state index in [0.29, 0.717) is 6.54 Å². The molecule has 4 heteroatoms. The Bertz CT molecular complexity index is 309. The van der Waals surface area contributed by atoms with Crippen LogP contribution in [-0.2, 0) is 6.42 Å². The van der Waals surface area contributed by atoms with Gasteiger partial charge in [0.25, 0.3) is 0 Å². The molecule has 1 aliphatic rings. The van der Waals surface area contributed by atoms with Crippen LogP contribution in [0.4, 0.5) is 5.95 Å². The molecule has 0 radical (unpaired) electrons. The van der Waals surface area contributed by atoms with Crippen molar-refractivity contribution >= 4 is 5.95 Å². The topological polar surface area (TPSA) is 55.0 Å². The first-order valence-electron chi connectivity index (χ1n) is 5.55. The van der Waals surface area contributed by atoms with Gasteiger partial charge in [0.15, 0.2) is 0 Å². The highest BCUT2D eigenvalue weighted by Crippen LogP contribution is 2.19. The molecule has 2 rings (SSSR count). The molecule has 0 aromatic carbocycles. The number of hydrogen-bond acceptors (Lipinski definition) is 4. The summed E-state index contributed by atoms with van der Waals surface area (Å²) in [5.41, 5.74) is 6.59. The van der Waals surface area contributed by atoms with E-state index in [4.69, 9.17) is 5.73 Å².